The van der Waals surface area contributed by atoms with Crippen molar-refractivity contribution in [3.63, 3.8) is 0 Å². The van der Waals surface area contributed by atoms with Crippen LogP contribution in [0, 0.1) is 0 Å². The third-order valence-corrected chi connectivity index (χ3v) is 5.30. The fourth-order valence-corrected chi connectivity index (χ4v) is 3.10. The highest BCUT2D eigenvalue weighted by atomic mass is 15.4. The zero-order chi connectivity index (χ0) is 17.3. The van der Waals surface area contributed by atoms with Crippen molar-refractivity contribution >= 4 is 5.69 Å². The molecule has 3 rings (SSSR count). The van der Waals surface area contributed by atoms with Crippen LogP contribution in [0.3, 0.4) is 0 Å². The SMILES string of the molecule is CCC(C)(C)c1ccc(-c2ccccn2)cc1N1C=CN(C)C1C. The van der Waals surface area contributed by atoms with Gasteiger partial charge in [-0.15, -0.1) is 0 Å². The van der Waals surface area contributed by atoms with Gasteiger partial charge in [-0.05, 0) is 42.5 Å². The summed E-state index contributed by atoms with van der Waals surface area (Å²) in [4.78, 5) is 9.11. The minimum atomic E-state index is 0.132. The molecule has 1 aliphatic heterocycles. The van der Waals surface area contributed by atoms with Crippen molar-refractivity contribution in [1.82, 2.24) is 9.88 Å². The number of pyridine rings is 1. The van der Waals surface area contributed by atoms with Gasteiger partial charge in [0.25, 0.3) is 0 Å². The predicted octanol–water partition coefficient (Wildman–Crippen LogP) is 5.01. The molecule has 1 atom stereocenters. The van der Waals surface area contributed by atoms with E-state index in [2.05, 4.69) is 86.2 Å². The molecule has 1 unspecified atom stereocenters. The molecule has 1 aromatic heterocycles. The van der Waals surface area contributed by atoms with Crippen LogP contribution < -0.4 is 4.90 Å². The number of aromatic nitrogens is 1. The molecule has 126 valence electrons. The van der Waals surface area contributed by atoms with Crippen LogP contribution in [0.4, 0.5) is 5.69 Å². The lowest BCUT2D eigenvalue weighted by Gasteiger charge is -2.34. The Balaban J connectivity index is 2.13. The molecule has 1 aromatic carbocycles. The second-order valence-corrected chi connectivity index (χ2v) is 7.19. The number of rotatable bonds is 4. The number of hydrogen-bond acceptors (Lipinski definition) is 3. The monoisotopic (exact) mass is 321 g/mol. The van der Waals surface area contributed by atoms with Crippen LogP contribution in [0.1, 0.15) is 39.7 Å². The zero-order valence-electron chi connectivity index (χ0n) is 15.3. The lowest BCUT2D eigenvalue weighted by atomic mass is 9.80. The van der Waals surface area contributed by atoms with Crippen molar-refractivity contribution in [1.29, 1.82) is 0 Å². The summed E-state index contributed by atoms with van der Waals surface area (Å²) in [6.45, 7) is 9.13. The maximum atomic E-state index is 4.52. The van der Waals surface area contributed by atoms with Gasteiger partial charge in [-0.3, -0.25) is 4.98 Å². The molecule has 1 aliphatic rings. The van der Waals surface area contributed by atoms with Crippen molar-refractivity contribution in [2.24, 2.45) is 0 Å². The summed E-state index contributed by atoms with van der Waals surface area (Å²) in [5, 5.41) is 0. The van der Waals surface area contributed by atoms with Gasteiger partial charge in [0.2, 0.25) is 0 Å². The second-order valence-electron chi connectivity index (χ2n) is 7.19. The Bertz CT molecular complexity index is 734. The van der Waals surface area contributed by atoms with Crippen molar-refractivity contribution < 1.29 is 0 Å². The third-order valence-electron chi connectivity index (χ3n) is 5.30. The van der Waals surface area contributed by atoms with Crippen LogP contribution in [0.15, 0.2) is 55.0 Å². The fraction of sp³-hybridized carbons (Fsp3) is 0.381. The Morgan fingerprint density at radius 3 is 2.50 bits per heavy atom. The Morgan fingerprint density at radius 2 is 1.92 bits per heavy atom. The summed E-state index contributed by atoms with van der Waals surface area (Å²) in [5.41, 5.74) is 4.97. The highest BCUT2D eigenvalue weighted by Crippen LogP contribution is 2.39. The van der Waals surface area contributed by atoms with Gasteiger partial charge < -0.3 is 9.80 Å². The van der Waals surface area contributed by atoms with Crippen LogP contribution in [-0.4, -0.2) is 23.1 Å². The third kappa shape index (κ3) is 2.91. The maximum absolute atomic E-state index is 4.52. The molecular weight excluding hydrogens is 294 g/mol. The summed E-state index contributed by atoms with van der Waals surface area (Å²) in [6, 6.07) is 12.8. The zero-order valence-corrected chi connectivity index (χ0v) is 15.3. The van der Waals surface area contributed by atoms with Gasteiger partial charge in [0.1, 0.15) is 6.17 Å². The smallest absolute Gasteiger partial charge is 0.102 e. The Hall–Kier alpha value is -2.29. The van der Waals surface area contributed by atoms with Gasteiger partial charge >= 0.3 is 0 Å². The van der Waals surface area contributed by atoms with E-state index in [0.29, 0.717) is 6.17 Å². The van der Waals surface area contributed by atoms with E-state index in [1.807, 2.05) is 18.3 Å². The van der Waals surface area contributed by atoms with Crippen LogP contribution >= 0.6 is 0 Å². The minimum Gasteiger partial charge on any atom is -0.359 e. The first-order valence-electron chi connectivity index (χ1n) is 8.68. The number of nitrogens with zero attached hydrogens (tertiary/aromatic N) is 3. The molecule has 0 amide bonds. The minimum absolute atomic E-state index is 0.132. The van der Waals surface area contributed by atoms with E-state index < -0.39 is 0 Å². The molecule has 0 saturated carbocycles. The number of hydrogen-bond donors (Lipinski definition) is 0. The van der Waals surface area contributed by atoms with Crippen molar-refractivity contribution in [2.75, 3.05) is 11.9 Å². The van der Waals surface area contributed by atoms with E-state index in [-0.39, 0.29) is 5.41 Å². The Morgan fingerprint density at radius 1 is 1.12 bits per heavy atom. The summed E-state index contributed by atoms with van der Waals surface area (Å²) in [7, 11) is 2.12. The van der Waals surface area contributed by atoms with Gasteiger partial charge in [-0.2, -0.15) is 0 Å². The fourth-order valence-electron chi connectivity index (χ4n) is 3.10. The molecule has 2 aromatic rings. The molecule has 2 heterocycles. The number of anilines is 1. The average Bonchev–Trinajstić information content (AvgIpc) is 2.94. The molecule has 0 N–H and O–H groups in total. The van der Waals surface area contributed by atoms with E-state index in [0.717, 1.165) is 17.7 Å². The van der Waals surface area contributed by atoms with Crippen LogP contribution in [-0.2, 0) is 5.41 Å². The van der Waals surface area contributed by atoms with Crippen molar-refractivity contribution in [2.45, 2.75) is 45.7 Å². The summed E-state index contributed by atoms with van der Waals surface area (Å²) < 4.78 is 0. The molecule has 0 aliphatic carbocycles. The average molecular weight is 321 g/mol. The molecule has 0 bridgehead atoms. The van der Waals surface area contributed by atoms with Crippen molar-refractivity contribution in [3.8, 4) is 11.3 Å². The Kier molecular flexibility index (Phi) is 4.35. The quantitative estimate of drug-likeness (QED) is 0.789. The topological polar surface area (TPSA) is 19.4 Å². The summed E-state index contributed by atoms with van der Waals surface area (Å²) in [6.07, 6.45) is 7.59. The molecule has 3 heteroatoms. The largest absolute Gasteiger partial charge is 0.359 e. The molecule has 0 fully saturated rings. The molecule has 24 heavy (non-hydrogen) atoms. The first-order valence-corrected chi connectivity index (χ1v) is 8.68. The number of benzene rings is 1. The van der Waals surface area contributed by atoms with E-state index in [1.165, 1.54) is 11.3 Å². The Labute approximate surface area is 145 Å². The van der Waals surface area contributed by atoms with Gasteiger partial charge in [0, 0.05) is 36.9 Å². The van der Waals surface area contributed by atoms with E-state index in [9.17, 15) is 0 Å². The maximum Gasteiger partial charge on any atom is 0.102 e. The second kappa shape index (κ2) is 6.31. The highest BCUT2D eigenvalue weighted by Gasteiger charge is 2.28. The predicted molar refractivity (Wildman–Crippen MR) is 102 cm³/mol. The lowest BCUT2D eigenvalue weighted by Crippen LogP contribution is -2.35. The van der Waals surface area contributed by atoms with Crippen molar-refractivity contribution in [3.05, 3.63) is 60.6 Å². The molecule has 0 spiro atoms. The van der Waals surface area contributed by atoms with Crippen LogP contribution in [0.5, 0.6) is 0 Å². The molecule has 3 nitrogen and oxygen atoms in total. The van der Waals surface area contributed by atoms with Gasteiger partial charge in [0.15, 0.2) is 0 Å². The van der Waals surface area contributed by atoms with Gasteiger partial charge in [0.05, 0.1) is 5.69 Å². The standard InChI is InChI=1S/C21H27N3/c1-6-21(3,4)18-11-10-17(19-9-7-8-12-22-19)15-20(18)24-14-13-23(5)16(24)2/h7-16H,6H2,1-5H3. The van der Waals surface area contributed by atoms with E-state index in [1.54, 1.807) is 0 Å². The lowest BCUT2D eigenvalue weighted by molar-refractivity contribution is 0.381. The summed E-state index contributed by atoms with van der Waals surface area (Å²) >= 11 is 0. The summed E-state index contributed by atoms with van der Waals surface area (Å²) in [5.74, 6) is 0. The molecule has 0 saturated heterocycles. The van der Waals surface area contributed by atoms with E-state index >= 15 is 0 Å². The molecular formula is C21H27N3. The van der Waals surface area contributed by atoms with Gasteiger partial charge in [-0.25, -0.2) is 0 Å². The van der Waals surface area contributed by atoms with E-state index in [4.69, 9.17) is 0 Å². The first kappa shape index (κ1) is 16.6. The van der Waals surface area contributed by atoms with Crippen LogP contribution in [0.2, 0.25) is 0 Å². The van der Waals surface area contributed by atoms with Crippen LogP contribution in [0.25, 0.3) is 11.3 Å². The first-order chi connectivity index (χ1) is 11.4. The highest BCUT2D eigenvalue weighted by molar-refractivity contribution is 5.71. The normalized spacial score (nSPS) is 17.6. The molecule has 0 radical (unpaired) electrons. The van der Waals surface area contributed by atoms with Gasteiger partial charge in [-0.1, -0.05) is 39.0 Å².